The summed E-state index contributed by atoms with van der Waals surface area (Å²) < 4.78 is 11.3. The number of carbonyl (C=O) groups excluding carboxylic acids is 1. The van der Waals surface area contributed by atoms with Crippen LogP contribution in [0.25, 0.3) is 0 Å². The van der Waals surface area contributed by atoms with Crippen LogP contribution in [-0.4, -0.2) is 53.9 Å². The summed E-state index contributed by atoms with van der Waals surface area (Å²) in [5.74, 6) is 0.282. The van der Waals surface area contributed by atoms with Crippen molar-refractivity contribution in [2.45, 2.75) is 44.8 Å². The molecule has 1 amide bonds. The second-order valence-electron chi connectivity index (χ2n) is 8.00. The number of nitrogens with zero attached hydrogens (tertiary/aromatic N) is 2. The minimum absolute atomic E-state index is 0.0338. The van der Waals surface area contributed by atoms with Crippen molar-refractivity contribution >= 4 is 23.4 Å². The average molecular weight is 425 g/mol. The van der Waals surface area contributed by atoms with E-state index in [1.807, 2.05) is 37.4 Å². The van der Waals surface area contributed by atoms with E-state index < -0.39 is 5.97 Å². The molecule has 2 aliphatic rings. The third kappa shape index (κ3) is 4.96. The van der Waals surface area contributed by atoms with Crippen LogP contribution in [0.15, 0.2) is 36.5 Å². The summed E-state index contributed by atoms with van der Waals surface area (Å²) in [6.45, 7) is 2.85. The molecule has 1 aliphatic carbocycles. The van der Waals surface area contributed by atoms with E-state index in [0.29, 0.717) is 24.5 Å². The Balaban J connectivity index is 1.44. The highest BCUT2D eigenvalue weighted by molar-refractivity contribution is 5.99. The van der Waals surface area contributed by atoms with E-state index in [9.17, 15) is 9.59 Å². The number of rotatable bonds is 6. The summed E-state index contributed by atoms with van der Waals surface area (Å²) in [6, 6.07) is 9.61. The Morgan fingerprint density at radius 2 is 2.03 bits per heavy atom. The Bertz CT molecular complexity index is 939. The Morgan fingerprint density at radius 1 is 1.23 bits per heavy atom. The van der Waals surface area contributed by atoms with Gasteiger partial charge in [0.1, 0.15) is 19.0 Å². The van der Waals surface area contributed by atoms with Crippen LogP contribution in [0.5, 0.6) is 5.75 Å². The van der Waals surface area contributed by atoms with Gasteiger partial charge < -0.3 is 24.8 Å². The lowest BCUT2D eigenvalue weighted by Crippen LogP contribution is -2.40. The third-order valence-corrected chi connectivity index (χ3v) is 5.72. The lowest BCUT2D eigenvalue weighted by Gasteiger charge is -2.32. The number of benzene rings is 1. The van der Waals surface area contributed by atoms with Gasteiger partial charge >= 0.3 is 5.97 Å². The van der Waals surface area contributed by atoms with E-state index in [1.165, 1.54) is 0 Å². The summed E-state index contributed by atoms with van der Waals surface area (Å²) >= 11 is 0. The highest BCUT2D eigenvalue weighted by Crippen LogP contribution is 2.38. The first-order valence-electron chi connectivity index (χ1n) is 10.6. The molecule has 4 rings (SSSR count). The predicted octanol–water partition coefficient (Wildman–Crippen LogP) is 3.06. The molecule has 31 heavy (non-hydrogen) atoms. The Morgan fingerprint density at radius 3 is 2.74 bits per heavy atom. The molecule has 2 heterocycles. The lowest BCUT2D eigenvalue weighted by molar-refractivity contribution is -0.145. The van der Waals surface area contributed by atoms with Gasteiger partial charge in [0.05, 0.1) is 23.9 Å². The third-order valence-electron chi connectivity index (χ3n) is 5.72. The normalized spacial score (nSPS) is 20.5. The van der Waals surface area contributed by atoms with Crippen molar-refractivity contribution in [3.8, 4) is 5.75 Å². The monoisotopic (exact) mass is 425 g/mol. The number of anilines is 2. The molecule has 164 valence electrons. The molecule has 2 N–H and O–H groups in total. The number of carbonyl (C=O) groups is 2. The molecule has 1 aliphatic heterocycles. The van der Waals surface area contributed by atoms with E-state index in [0.717, 1.165) is 42.8 Å². The molecule has 0 unspecified atom stereocenters. The first kappa shape index (κ1) is 21.1. The molecule has 1 aromatic carbocycles. The summed E-state index contributed by atoms with van der Waals surface area (Å²) in [7, 11) is 0. The number of aryl methyl sites for hydroxylation is 1. The van der Waals surface area contributed by atoms with E-state index >= 15 is 0 Å². The molecule has 8 heteroatoms. The van der Waals surface area contributed by atoms with E-state index in [1.54, 1.807) is 6.07 Å². The molecule has 0 bridgehead atoms. The predicted molar refractivity (Wildman–Crippen MR) is 115 cm³/mol. The van der Waals surface area contributed by atoms with Crippen molar-refractivity contribution in [2.24, 2.45) is 0 Å². The van der Waals surface area contributed by atoms with Crippen molar-refractivity contribution in [1.29, 1.82) is 0 Å². The number of amides is 1. The summed E-state index contributed by atoms with van der Waals surface area (Å²) in [5, 5.41) is 11.8. The largest absolute Gasteiger partial charge is 0.489 e. The Labute approximate surface area is 181 Å². The Hall–Kier alpha value is -3.13. The van der Waals surface area contributed by atoms with E-state index in [-0.39, 0.29) is 24.7 Å². The minimum atomic E-state index is -0.959. The molecule has 0 radical (unpaired) electrons. The SMILES string of the molecule is Cc1ccc(N2CCOc3c(C(=O)N[C@H]4CC[C@H](OCC(=O)O)CC4)cccc32)nc1. The smallest absolute Gasteiger partial charge is 0.329 e. The molecule has 8 nitrogen and oxygen atoms in total. The van der Waals surface area contributed by atoms with E-state index in [2.05, 4.69) is 15.2 Å². The van der Waals surface area contributed by atoms with Crippen LogP contribution < -0.4 is 15.0 Å². The zero-order valence-electron chi connectivity index (χ0n) is 17.5. The number of para-hydroxylation sites is 1. The van der Waals surface area contributed by atoms with Crippen LogP contribution in [0.4, 0.5) is 11.5 Å². The summed E-state index contributed by atoms with van der Waals surface area (Å²) in [4.78, 5) is 30.3. The van der Waals surface area contributed by atoms with Gasteiger partial charge in [0.15, 0.2) is 5.75 Å². The number of pyridine rings is 1. The van der Waals surface area contributed by atoms with Crippen LogP contribution in [0.1, 0.15) is 41.6 Å². The van der Waals surface area contributed by atoms with Gasteiger partial charge in [-0.15, -0.1) is 0 Å². The fourth-order valence-electron chi connectivity index (χ4n) is 4.11. The van der Waals surface area contributed by atoms with Gasteiger partial charge in [-0.1, -0.05) is 12.1 Å². The molecule has 1 saturated carbocycles. The maximum absolute atomic E-state index is 13.0. The summed E-state index contributed by atoms with van der Waals surface area (Å²) in [6.07, 6.45) is 4.74. The summed E-state index contributed by atoms with van der Waals surface area (Å²) in [5.41, 5.74) is 2.44. The highest BCUT2D eigenvalue weighted by Gasteiger charge is 2.28. The standard InChI is InChI=1S/C23H27N3O5/c1-15-5-10-20(24-13-15)26-11-12-30-22-18(3-2-4-19(22)26)23(29)25-16-6-8-17(9-7-16)31-14-21(27)28/h2-5,10,13,16-17H,6-9,11-12,14H2,1H3,(H,25,29)(H,27,28)/t16-,17-. The van der Waals surface area contributed by atoms with Crippen LogP contribution in [0.2, 0.25) is 0 Å². The van der Waals surface area contributed by atoms with Gasteiger partial charge in [-0.25, -0.2) is 9.78 Å². The van der Waals surface area contributed by atoms with Crippen molar-refractivity contribution in [2.75, 3.05) is 24.7 Å². The highest BCUT2D eigenvalue weighted by atomic mass is 16.5. The zero-order valence-corrected chi connectivity index (χ0v) is 17.5. The molecular formula is C23H27N3O5. The van der Waals surface area contributed by atoms with Gasteiger partial charge in [-0.05, 0) is 56.4 Å². The molecule has 0 atom stereocenters. The van der Waals surface area contributed by atoms with Crippen molar-refractivity contribution in [3.63, 3.8) is 0 Å². The number of aromatic nitrogens is 1. The zero-order chi connectivity index (χ0) is 21.8. The first-order valence-corrected chi connectivity index (χ1v) is 10.6. The van der Waals surface area contributed by atoms with E-state index in [4.69, 9.17) is 14.6 Å². The van der Waals surface area contributed by atoms with Crippen molar-refractivity contribution in [1.82, 2.24) is 10.3 Å². The second-order valence-corrected chi connectivity index (χ2v) is 8.00. The second kappa shape index (κ2) is 9.34. The number of carboxylic acid groups (broad SMARTS) is 1. The van der Waals surface area contributed by atoms with Gasteiger partial charge in [0.25, 0.3) is 5.91 Å². The molecule has 2 aromatic rings. The van der Waals surface area contributed by atoms with Gasteiger partial charge in [0.2, 0.25) is 0 Å². The maximum Gasteiger partial charge on any atom is 0.329 e. The van der Waals surface area contributed by atoms with Crippen LogP contribution in [0, 0.1) is 6.92 Å². The number of hydrogen-bond acceptors (Lipinski definition) is 6. The number of fused-ring (bicyclic) bond motifs is 1. The molecular weight excluding hydrogens is 398 g/mol. The fraction of sp³-hybridized carbons (Fsp3) is 0.435. The van der Waals surface area contributed by atoms with Crippen molar-refractivity contribution < 1.29 is 24.2 Å². The maximum atomic E-state index is 13.0. The van der Waals surface area contributed by atoms with Gasteiger partial charge in [-0.3, -0.25) is 4.79 Å². The number of nitrogens with one attached hydrogen (secondary N) is 1. The minimum Gasteiger partial charge on any atom is -0.489 e. The molecule has 1 aromatic heterocycles. The lowest BCUT2D eigenvalue weighted by atomic mass is 9.92. The quantitative estimate of drug-likeness (QED) is 0.733. The average Bonchev–Trinajstić information content (AvgIpc) is 2.78. The fourth-order valence-corrected chi connectivity index (χ4v) is 4.11. The number of hydrogen-bond donors (Lipinski definition) is 2. The number of carboxylic acids is 1. The van der Waals surface area contributed by atoms with Gasteiger partial charge in [-0.2, -0.15) is 0 Å². The van der Waals surface area contributed by atoms with Crippen LogP contribution in [0.3, 0.4) is 0 Å². The first-order chi connectivity index (χ1) is 15.0. The topological polar surface area (TPSA) is 101 Å². The Kier molecular flexibility index (Phi) is 6.36. The van der Waals surface area contributed by atoms with Crippen LogP contribution in [-0.2, 0) is 9.53 Å². The number of aliphatic carboxylic acids is 1. The van der Waals surface area contributed by atoms with Gasteiger partial charge in [0, 0.05) is 12.2 Å². The molecule has 0 spiro atoms. The number of ether oxygens (including phenoxy) is 2. The molecule has 1 fully saturated rings. The van der Waals surface area contributed by atoms with Crippen molar-refractivity contribution in [3.05, 3.63) is 47.7 Å². The van der Waals surface area contributed by atoms with Crippen LogP contribution >= 0.6 is 0 Å². The molecule has 0 saturated heterocycles.